The van der Waals surface area contributed by atoms with E-state index in [1.54, 1.807) is 48.5 Å². The minimum atomic E-state index is -3.68. The Morgan fingerprint density at radius 3 is 2.56 bits per heavy atom. The fourth-order valence-electron chi connectivity index (χ4n) is 2.82. The summed E-state index contributed by atoms with van der Waals surface area (Å²) in [5, 5.41) is 1.82. The monoisotopic (exact) mass is 386 g/mol. The number of rotatable bonds is 7. The van der Waals surface area contributed by atoms with Gasteiger partial charge < -0.3 is 9.32 Å². The van der Waals surface area contributed by atoms with Gasteiger partial charge in [-0.1, -0.05) is 30.3 Å². The summed E-state index contributed by atoms with van der Waals surface area (Å²) in [5.74, 6) is 0.516. The summed E-state index contributed by atoms with van der Waals surface area (Å²) >= 11 is 0. The smallest absolute Gasteiger partial charge is 0.240 e. The summed E-state index contributed by atoms with van der Waals surface area (Å²) in [6, 6.07) is 15.9. The lowest BCUT2D eigenvalue weighted by atomic mass is 10.1. The molecule has 0 fully saturated rings. The van der Waals surface area contributed by atoms with E-state index in [4.69, 9.17) is 4.42 Å². The first-order valence-corrected chi connectivity index (χ1v) is 10.1. The summed E-state index contributed by atoms with van der Waals surface area (Å²) < 4.78 is 32.8. The minimum absolute atomic E-state index is 0.0310. The van der Waals surface area contributed by atoms with Crippen molar-refractivity contribution >= 4 is 26.7 Å². The van der Waals surface area contributed by atoms with E-state index in [1.165, 1.54) is 0 Å². The van der Waals surface area contributed by atoms with E-state index in [2.05, 4.69) is 4.72 Å². The van der Waals surface area contributed by atoms with Crippen LogP contribution in [0.1, 0.15) is 25.1 Å². The van der Waals surface area contributed by atoms with Crippen LogP contribution in [0.5, 0.6) is 0 Å². The third-order valence-corrected chi connectivity index (χ3v) is 6.05. The number of amides is 1. The van der Waals surface area contributed by atoms with Crippen LogP contribution in [0, 0.1) is 0 Å². The van der Waals surface area contributed by atoms with Gasteiger partial charge in [0.25, 0.3) is 0 Å². The maximum atomic E-state index is 12.5. The zero-order valence-electron chi connectivity index (χ0n) is 15.3. The van der Waals surface area contributed by atoms with Crippen LogP contribution in [0.3, 0.4) is 0 Å². The van der Waals surface area contributed by atoms with Gasteiger partial charge in [0.2, 0.25) is 15.9 Å². The summed E-state index contributed by atoms with van der Waals surface area (Å²) in [6.45, 7) is 1.89. The molecule has 142 valence electrons. The predicted octanol–water partition coefficient (Wildman–Crippen LogP) is 3.32. The van der Waals surface area contributed by atoms with Crippen molar-refractivity contribution in [2.45, 2.75) is 24.3 Å². The summed E-state index contributed by atoms with van der Waals surface area (Å²) in [5.41, 5.74) is 0. The van der Waals surface area contributed by atoms with E-state index >= 15 is 0 Å². The quantitative estimate of drug-likeness (QED) is 0.675. The molecule has 1 aromatic heterocycles. The van der Waals surface area contributed by atoms with E-state index < -0.39 is 10.0 Å². The molecule has 0 saturated carbocycles. The van der Waals surface area contributed by atoms with Crippen LogP contribution < -0.4 is 4.72 Å². The molecule has 1 N–H and O–H groups in total. The van der Waals surface area contributed by atoms with Crippen LogP contribution in [0.15, 0.2) is 70.2 Å². The Labute approximate surface area is 158 Å². The van der Waals surface area contributed by atoms with E-state index in [0.717, 1.165) is 10.8 Å². The van der Waals surface area contributed by atoms with Crippen molar-refractivity contribution in [1.29, 1.82) is 0 Å². The lowest BCUT2D eigenvalue weighted by Gasteiger charge is -2.23. The molecular weight excluding hydrogens is 364 g/mol. The first-order chi connectivity index (χ1) is 12.9. The van der Waals surface area contributed by atoms with Gasteiger partial charge in [-0.15, -0.1) is 0 Å². The number of benzene rings is 2. The van der Waals surface area contributed by atoms with Crippen molar-refractivity contribution < 1.29 is 17.6 Å². The third-order valence-electron chi connectivity index (χ3n) is 4.59. The zero-order valence-corrected chi connectivity index (χ0v) is 16.1. The topological polar surface area (TPSA) is 79.6 Å². The number of fused-ring (bicyclic) bond motifs is 1. The number of hydrogen-bond donors (Lipinski definition) is 1. The highest BCUT2D eigenvalue weighted by Crippen LogP contribution is 2.20. The van der Waals surface area contributed by atoms with Crippen LogP contribution in [-0.4, -0.2) is 32.8 Å². The van der Waals surface area contributed by atoms with Crippen molar-refractivity contribution in [3.8, 4) is 0 Å². The Balaban J connectivity index is 1.60. The number of carbonyl (C=O) groups is 1. The second kappa shape index (κ2) is 7.94. The number of sulfonamides is 1. The molecule has 2 aromatic carbocycles. The van der Waals surface area contributed by atoms with Gasteiger partial charge in [-0.25, -0.2) is 13.1 Å². The Morgan fingerprint density at radius 1 is 1.11 bits per heavy atom. The molecule has 0 bridgehead atoms. The summed E-state index contributed by atoms with van der Waals surface area (Å²) in [6.07, 6.45) is 1.62. The molecule has 0 spiro atoms. The zero-order chi connectivity index (χ0) is 19.4. The molecule has 1 amide bonds. The molecular formula is C20H22N2O4S. The third kappa shape index (κ3) is 4.37. The number of carbonyl (C=O) groups excluding carboxylic acids is 1. The van der Waals surface area contributed by atoms with Gasteiger partial charge in [0.1, 0.15) is 5.76 Å². The molecule has 0 saturated heterocycles. The van der Waals surface area contributed by atoms with Crippen molar-refractivity contribution in [2.24, 2.45) is 0 Å². The summed E-state index contributed by atoms with van der Waals surface area (Å²) in [4.78, 5) is 14.1. The van der Waals surface area contributed by atoms with E-state index in [9.17, 15) is 13.2 Å². The summed E-state index contributed by atoms with van der Waals surface area (Å²) in [7, 11) is -2.00. The maximum absolute atomic E-state index is 12.5. The van der Waals surface area contributed by atoms with E-state index in [-0.39, 0.29) is 29.8 Å². The lowest BCUT2D eigenvalue weighted by molar-refractivity contribution is -0.131. The van der Waals surface area contributed by atoms with E-state index in [0.29, 0.717) is 5.76 Å². The van der Waals surface area contributed by atoms with Gasteiger partial charge in [-0.2, -0.15) is 0 Å². The minimum Gasteiger partial charge on any atom is -0.467 e. The number of nitrogens with zero attached hydrogens (tertiary/aromatic N) is 1. The molecule has 6 nitrogen and oxygen atoms in total. The fourth-order valence-corrected chi connectivity index (χ4v) is 3.89. The first kappa shape index (κ1) is 19.1. The molecule has 27 heavy (non-hydrogen) atoms. The van der Waals surface area contributed by atoms with Crippen molar-refractivity contribution in [3.63, 3.8) is 0 Å². The molecule has 0 aliphatic rings. The highest BCUT2D eigenvalue weighted by atomic mass is 32.2. The Morgan fingerprint density at radius 2 is 1.85 bits per heavy atom. The first-order valence-electron chi connectivity index (χ1n) is 8.66. The Bertz CT molecular complexity index is 1030. The molecule has 7 heteroatoms. The van der Waals surface area contributed by atoms with Crippen LogP contribution in [0.4, 0.5) is 0 Å². The molecule has 0 aliphatic heterocycles. The van der Waals surface area contributed by atoms with Gasteiger partial charge in [-0.05, 0) is 42.0 Å². The van der Waals surface area contributed by atoms with Gasteiger partial charge in [0.15, 0.2) is 0 Å². The second-order valence-electron chi connectivity index (χ2n) is 6.35. The van der Waals surface area contributed by atoms with Crippen molar-refractivity contribution in [1.82, 2.24) is 9.62 Å². The average Bonchev–Trinajstić information content (AvgIpc) is 3.21. The van der Waals surface area contributed by atoms with Crippen LogP contribution in [0.25, 0.3) is 10.8 Å². The van der Waals surface area contributed by atoms with Crippen molar-refractivity contribution in [3.05, 3.63) is 66.6 Å². The maximum Gasteiger partial charge on any atom is 0.240 e. The van der Waals surface area contributed by atoms with Gasteiger partial charge in [0, 0.05) is 20.0 Å². The second-order valence-corrected chi connectivity index (χ2v) is 8.12. The van der Waals surface area contributed by atoms with Gasteiger partial charge >= 0.3 is 0 Å². The molecule has 1 heterocycles. The lowest BCUT2D eigenvalue weighted by Crippen LogP contribution is -2.33. The van der Waals surface area contributed by atoms with Crippen LogP contribution in [0.2, 0.25) is 0 Å². The predicted molar refractivity (Wildman–Crippen MR) is 104 cm³/mol. The molecule has 1 unspecified atom stereocenters. The van der Waals surface area contributed by atoms with Gasteiger partial charge in [0.05, 0.1) is 17.2 Å². The SMILES string of the molecule is CC(c1ccco1)N(C)C(=O)CCNS(=O)(=O)c1ccc2ccccc2c1. The average molecular weight is 386 g/mol. The Hall–Kier alpha value is -2.64. The molecule has 0 radical (unpaired) electrons. The molecule has 3 aromatic rings. The van der Waals surface area contributed by atoms with Crippen LogP contribution >= 0.6 is 0 Å². The molecule has 0 aliphatic carbocycles. The molecule has 1 atom stereocenters. The number of furan rings is 1. The fraction of sp³-hybridized carbons (Fsp3) is 0.250. The normalized spacial score (nSPS) is 12.8. The molecule has 3 rings (SSSR count). The largest absolute Gasteiger partial charge is 0.467 e. The van der Waals surface area contributed by atoms with E-state index in [1.807, 2.05) is 31.2 Å². The number of nitrogens with one attached hydrogen (secondary N) is 1. The standard InChI is InChI=1S/C20H22N2O4S/c1-15(19-8-5-13-26-19)22(2)20(23)11-12-21-27(24,25)18-10-9-16-6-3-4-7-17(16)14-18/h3-10,13-15,21H,11-12H2,1-2H3. The number of hydrogen-bond acceptors (Lipinski definition) is 4. The van der Waals surface area contributed by atoms with Crippen molar-refractivity contribution in [2.75, 3.05) is 13.6 Å². The van der Waals surface area contributed by atoms with Gasteiger partial charge in [-0.3, -0.25) is 4.79 Å². The Kier molecular flexibility index (Phi) is 5.62. The highest BCUT2D eigenvalue weighted by molar-refractivity contribution is 7.89. The highest BCUT2D eigenvalue weighted by Gasteiger charge is 2.20. The van der Waals surface area contributed by atoms with Crippen LogP contribution in [-0.2, 0) is 14.8 Å².